The van der Waals surface area contributed by atoms with E-state index in [2.05, 4.69) is 36.8 Å². The number of likely N-dealkylation sites (N-methyl/N-ethyl adjacent to an activating group) is 1. The van der Waals surface area contributed by atoms with E-state index in [1.54, 1.807) is 6.92 Å². The van der Waals surface area contributed by atoms with Crippen LogP contribution < -0.4 is 11.1 Å². The molecule has 4 atom stereocenters. The van der Waals surface area contributed by atoms with Gasteiger partial charge in [0.15, 0.2) is 23.8 Å². The number of ether oxygens (including phenoxy) is 3. The van der Waals surface area contributed by atoms with Gasteiger partial charge in [-0.2, -0.15) is 0 Å². The second-order valence-corrected chi connectivity index (χ2v) is 9.24. The molecule has 200 valence electrons. The second kappa shape index (κ2) is 11.7. The predicted molar refractivity (Wildman–Crippen MR) is 130 cm³/mol. The molecule has 0 spiro atoms. The van der Waals surface area contributed by atoms with E-state index in [4.69, 9.17) is 15.2 Å². The summed E-state index contributed by atoms with van der Waals surface area (Å²) in [4.78, 5) is 36.2. The number of imidazole rings is 1. The van der Waals surface area contributed by atoms with Gasteiger partial charge in [-0.25, -0.2) is 19.7 Å². The van der Waals surface area contributed by atoms with Crippen molar-refractivity contribution in [2.45, 2.75) is 63.6 Å². The minimum atomic E-state index is -1.42. The van der Waals surface area contributed by atoms with E-state index < -0.39 is 36.6 Å². The summed E-state index contributed by atoms with van der Waals surface area (Å²) in [7, 11) is 1.29. The molecule has 2 aromatic heterocycles. The molecule has 13 heteroatoms. The molecule has 4 rings (SSSR count). The zero-order chi connectivity index (χ0) is 26.5. The first kappa shape index (κ1) is 26.6. The highest BCUT2D eigenvalue weighted by molar-refractivity contribution is 5.83. The Morgan fingerprint density at radius 1 is 1.22 bits per heavy atom. The number of nitrogens with zero attached hydrogens (tertiary/aromatic N) is 4. The first-order chi connectivity index (χ1) is 17.8. The van der Waals surface area contributed by atoms with Crippen LogP contribution in [-0.2, 0) is 19.0 Å². The number of carbonyl (C=O) groups is 2. The van der Waals surface area contributed by atoms with Gasteiger partial charge >= 0.3 is 6.16 Å². The number of carbonyl (C=O) groups excluding carboxylic acids is 2. The van der Waals surface area contributed by atoms with Crippen molar-refractivity contribution in [3.63, 3.8) is 0 Å². The van der Waals surface area contributed by atoms with Crippen molar-refractivity contribution in [3.8, 4) is 11.8 Å². The van der Waals surface area contributed by atoms with E-state index in [1.807, 2.05) is 0 Å². The van der Waals surface area contributed by atoms with Crippen molar-refractivity contribution < 1.29 is 34.0 Å². The van der Waals surface area contributed by atoms with E-state index in [-0.39, 0.29) is 17.3 Å². The minimum Gasteiger partial charge on any atom is -0.438 e. The van der Waals surface area contributed by atoms with Crippen molar-refractivity contribution in [1.82, 2.24) is 24.8 Å². The van der Waals surface area contributed by atoms with E-state index in [1.165, 1.54) is 18.0 Å². The molecule has 1 unspecified atom stereocenters. The topological polar surface area (TPSA) is 184 Å². The first-order valence-corrected chi connectivity index (χ1v) is 12.3. The third kappa shape index (κ3) is 5.93. The van der Waals surface area contributed by atoms with Gasteiger partial charge in [0.25, 0.3) is 5.91 Å². The van der Waals surface area contributed by atoms with Crippen LogP contribution in [0, 0.1) is 23.7 Å². The summed E-state index contributed by atoms with van der Waals surface area (Å²) in [6.45, 7) is 2.47. The molecule has 37 heavy (non-hydrogen) atoms. The number of hydrogen-bond donors (Lipinski definition) is 4. The molecule has 1 amide bonds. The Labute approximate surface area is 213 Å². The summed E-state index contributed by atoms with van der Waals surface area (Å²) >= 11 is 0. The summed E-state index contributed by atoms with van der Waals surface area (Å²) in [5.41, 5.74) is 6.65. The lowest BCUT2D eigenvalue weighted by atomic mass is 9.81. The number of methoxy groups -OCH3 is 1. The molecule has 13 nitrogen and oxygen atoms in total. The number of nitrogens with one attached hydrogen (secondary N) is 1. The first-order valence-electron chi connectivity index (χ1n) is 12.3. The van der Waals surface area contributed by atoms with Crippen molar-refractivity contribution >= 4 is 29.0 Å². The zero-order valence-electron chi connectivity index (χ0n) is 20.8. The number of aliphatic hydroxyl groups is 2. The molecule has 2 aliphatic rings. The van der Waals surface area contributed by atoms with E-state index >= 15 is 0 Å². The molecule has 0 bridgehead atoms. The monoisotopic (exact) mass is 516 g/mol. The van der Waals surface area contributed by atoms with Gasteiger partial charge < -0.3 is 35.5 Å². The SMILES string of the molecule is CCNC(=O)[C@H]1O[C@@H](n2cnc3c(N)nc(C#CC[C@H]4CC[C@H](COC(=O)OC)CC4)nc32)C(O)[C@H]1O. The van der Waals surface area contributed by atoms with Crippen LogP contribution in [0.25, 0.3) is 11.2 Å². The van der Waals surface area contributed by atoms with E-state index in [9.17, 15) is 19.8 Å². The van der Waals surface area contributed by atoms with Gasteiger partial charge in [-0.15, -0.1) is 0 Å². The van der Waals surface area contributed by atoms with Gasteiger partial charge in [0.2, 0.25) is 5.82 Å². The van der Waals surface area contributed by atoms with Crippen molar-refractivity contribution in [3.05, 3.63) is 12.2 Å². The highest BCUT2D eigenvalue weighted by Crippen LogP contribution is 2.33. The lowest BCUT2D eigenvalue weighted by Crippen LogP contribution is -2.42. The van der Waals surface area contributed by atoms with Crippen LogP contribution in [0.1, 0.15) is 51.1 Å². The maximum Gasteiger partial charge on any atom is 0.507 e. The molecule has 1 saturated carbocycles. The fourth-order valence-electron chi connectivity index (χ4n) is 4.68. The van der Waals surface area contributed by atoms with Crippen LogP contribution >= 0.6 is 0 Å². The number of anilines is 1. The number of hydrogen-bond acceptors (Lipinski definition) is 11. The van der Waals surface area contributed by atoms with Crippen LogP contribution in [0.2, 0.25) is 0 Å². The molecule has 0 radical (unpaired) electrons. The second-order valence-electron chi connectivity index (χ2n) is 9.24. The molecular weight excluding hydrogens is 484 g/mol. The molecule has 0 aromatic carbocycles. The quantitative estimate of drug-likeness (QED) is 0.309. The summed E-state index contributed by atoms with van der Waals surface area (Å²) in [5.74, 6) is 6.63. The summed E-state index contributed by atoms with van der Waals surface area (Å²) < 4.78 is 16.7. The lowest BCUT2D eigenvalue weighted by Gasteiger charge is -2.26. The number of nitrogen functional groups attached to an aromatic ring is 1. The van der Waals surface area contributed by atoms with Crippen molar-refractivity contribution in [2.75, 3.05) is 26.0 Å². The number of aromatic nitrogens is 4. The number of rotatable bonds is 6. The average molecular weight is 517 g/mol. The van der Waals surface area contributed by atoms with Crippen molar-refractivity contribution in [1.29, 1.82) is 0 Å². The maximum absolute atomic E-state index is 12.2. The third-order valence-electron chi connectivity index (χ3n) is 6.73. The Bertz CT molecular complexity index is 1180. The van der Waals surface area contributed by atoms with Crippen molar-refractivity contribution in [2.24, 2.45) is 11.8 Å². The van der Waals surface area contributed by atoms with Crippen LogP contribution in [0.4, 0.5) is 10.6 Å². The predicted octanol–water partition coefficient (Wildman–Crippen LogP) is 0.495. The molecule has 5 N–H and O–H groups in total. The Kier molecular flexibility index (Phi) is 8.42. The average Bonchev–Trinajstić information content (AvgIpc) is 3.44. The number of fused-ring (bicyclic) bond motifs is 1. The van der Waals surface area contributed by atoms with Gasteiger partial charge in [0, 0.05) is 13.0 Å². The van der Waals surface area contributed by atoms with Gasteiger partial charge in [-0.1, -0.05) is 5.92 Å². The molecule has 2 fully saturated rings. The Morgan fingerprint density at radius 2 is 1.95 bits per heavy atom. The molecule has 1 saturated heterocycles. The Hall–Kier alpha value is -3.47. The number of aliphatic hydroxyl groups excluding tert-OH is 2. The van der Waals surface area contributed by atoms with Gasteiger partial charge in [-0.05, 0) is 50.4 Å². The number of amides is 1. The minimum absolute atomic E-state index is 0.118. The Balaban J connectivity index is 1.42. The zero-order valence-corrected chi connectivity index (χ0v) is 20.8. The summed E-state index contributed by atoms with van der Waals surface area (Å²) in [6, 6.07) is 0. The van der Waals surface area contributed by atoms with Gasteiger partial charge in [0.05, 0.1) is 20.0 Å². The Morgan fingerprint density at radius 3 is 2.65 bits per heavy atom. The fourth-order valence-corrected chi connectivity index (χ4v) is 4.68. The summed E-state index contributed by atoms with van der Waals surface area (Å²) in [5, 5.41) is 23.5. The molecular formula is C24H32N6O7. The largest absolute Gasteiger partial charge is 0.507 e. The number of nitrogens with two attached hydrogens (primary N) is 1. The van der Waals surface area contributed by atoms with Crippen LogP contribution in [-0.4, -0.2) is 80.4 Å². The summed E-state index contributed by atoms with van der Waals surface area (Å²) in [6.07, 6.45) is 0.0896. The van der Waals surface area contributed by atoms with E-state index in [0.717, 1.165) is 25.7 Å². The standard InChI is InChI=1S/C24H32N6O7/c1-3-26-22(33)19-17(31)18(32)23(37-19)30-12-27-16-20(25)28-15(29-21(16)30)6-4-5-13-7-9-14(10-8-13)11-36-24(34)35-2/h12-14,17-19,23,31-32H,3,5,7-11H2,1-2H3,(H,26,33)(H2,25,28,29)/t13-,14-,17-,18?,19+,23-/m1/s1. The van der Waals surface area contributed by atoms with Crippen LogP contribution in [0.15, 0.2) is 6.33 Å². The highest BCUT2D eigenvalue weighted by atomic mass is 16.7. The van der Waals surface area contributed by atoms with Gasteiger partial charge in [-0.3, -0.25) is 9.36 Å². The highest BCUT2D eigenvalue weighted by Gasteiger charge is 2.47. The van der Waals surface area contributed by atoms with E-state index in [0.29, 0.717) is 36.9 Å². The van der Waals surface area contributed by atoms with Crippen LogP contribution in [0.3, 0.4) is 0 Å². The fraction of sp³-hybridized carbons (Fsp3) is 0.625. The maximum atomic E-state index is 12.2. The van der Waals surface area contributed by atoms with Gasteiger partial charge in [0.1, 0.15) is 17.7 Å². The smallest absolute Gasteiger partial charge is 0.438 e. The molecule has 2 aromatic rings. The molecule has 1 aliphatic heterocycles. The third-order valence-corrected chi connectivity index (χ3v) is 6.73. The molecule has 1 aliphatic carbocycles. The van der Waals surface area contributed by atoms with Crippen LogP contribution in [0.5, 0.6) is 0 Å². The normalized spacial score (nSPS) is 27.4. The lowest BCUT2D eigenvalue weighted by molar-refractivity contribution is -0.137. The molecule has 3 heterocycles.